The number of anilines is 3. The first-order chi connectivity index (χ1) is 39.9. The fourth-order valence-corrected chi connectivity index (χ4v) is 10.6. The van der Waals surface area contributed by atoms with Crippen molar-refractivity contribution >= 4 is 114 Å². The van der Waals surface area contributed by atoms with E-state index in [4.69, 9.17) is 60.6 Å². The summed E-state index contributed by atoms with van der Waals surface area (Å²) in [6.07, 6.45) is 5.53. The van der Waals surface area contributed by atoms with Crippen molar-refractivity contribution in [3.05, 3.63) is 161 Å². The molecule has 0 bridgehead atoms. The molecule has 0 radical (unpaired) electrons. The van der Waals surface area contributed by atoms with Gasteiger partial charge in [0.25, 0.3) is 0 Å². The van der Waals surface area contributed by atoms with Crippen molar-refractivity contribution in [1.82, 2.24) is 44.5 Å². The van der Waals surface area contributed by atoms with Crippen LogP contribution in [-0.4, -0.2) is 168 Å². The summed E-state index contributed by atoms with van der Waals surface area (Å²) < 4.78 is 19.3. The highest BCUT2D eigenvalue weighted by Crippen LogP contribution is 2.32. The van der Waals surface area contributed by atoms with E-state index >= 15 is 0 Å². The maximum absolute atomic E-state index is 12.7. The maximum Gasteiger partial charge on any atom is 0.244 e. The van der Waals surface area contributed by atoms with E-state index in [2.05, 4.69) is 35.1 Å². The highest BCUT2D eigenvalue weighted by molar-refractivity contribution is 6.32. The summed E-state index contributed by atoms with van der Waals surface area (Å²) in [7, 11) is 4.82. The normalized spacial score (nSPS) is 14.3. The lowest BCUT2D eigenvalue weighted by Crippen LogP contribution is -2.49. The van der Waals surface area contributed by atoms with Crippen LogP contribution in [0.1, 0.15) is 0 Å². The van der Waals surface area contributed by atoms with Crippen molar-refractivity contribution in [3.63, 3.8) is 0 Å². The summed E-state index contributed by atoms with van der Waals surface area (Å²) in [4.78, 5) is 49.1. The van der Waals surface area contributed by atoms with Crippen LogP contribution in [0.25, 0.3) is 32.7 Å². The van der Waals surface area contributed by atoms with Crippen LogP contribution in [0.3, 0.4) is 0 Å². The Labute approximate surface area is 496 Å². The van der Waals surface area contributed by atoms with Gasteiger partial charge in [-0.25, -0.2) is 0 Å². The van der Waals surface area contributed by atoms with Crippen molar-refractivity contribution in [2.45, 2.75) is 13.1 Å². The number of H-pyrrole nitrogens is 1. The molecule has 18 nitrogen and oxygen atoms in total. The lowest BCUT2D eigenvalue weighted by molar-refractivity contribution is -0.133. The number of hydrogen-bond donors (Lipinski definition) is 1. The van der Waals surface area contributed by atoms with Gasteiger partial charge in [0.15, 0.2) is 0 Å². The summed E-state index contributed by atoms with van der Waals surface area (Å²) >= 11 is 23.8. The van der Waals surface area contributed by atoms with E-state index in [-0.39, 0.29) is 36.7 Å². The topological polar surface area (TPSA) is 163 Å². The fraction of sp³-hybridized carbons (Fsp3) is 0.300. The summed E-state index contributed by atoms with van der Waals surface area (Å²) in [6.45, 7) is 9.32. The van der Waals surface area contributed by atoms with E-state index in [9.17, 15) is 14.4 Å². The Balaban J connectivity index is 0.000000139. The number of aromatic nitrogens is 6. The zero-order chi connectivity index (χ0) is 57.5. The molecule has 0 saturated carbocycles. The molecule has 9 aromatic rings. The molecule has 0 spiro atoms. The number of fused-ring (bicyclic) bond motifs is 3. The van der Waals surface area contributed by atoms with Gasteiger partial charge in [-0.15, -0.1) is 11.6 Å². The number of carbonyl (C=O) groups excluding carboxylic acids is 3. The van der Waals surface area contributed by atoms with Crippen molar-refractivity contribution < 1.29 is 28.6 Å². The van der Waals surface area contributed by atoms with E-state index in [1.165, 1.54) is 0 Å². The maximum atomic E-state index is 12.7. The predicted molar refractivity (Wildman–Crippen MR) is 327 cm³/mol. The Kier molecular flexibility index (Phi) is 20.2. The number of piperazine rings is 3. The molecule has 22 heteroatoms. The molecule has 12 rings (SSSR count). The summed E-state index contributed by atoms with van der Waals surface area (Å²) in [5, 5.41) is 20.6. The van der Waals surface area contributed by atoms with Crippen LogP contribution in [0.2, 0.25) is 15.1 Å². The first kappa shape index (κ1) is 58.7. The minimum atomic E-state index is -0.00463. The van der Waals surface area contributed by atoms with Crippen LogP contribution >= 0.6 is 46.4 Å². The van der Waals surface area contributed by atoms with Gasteiger partial charge in [0.1, 0.15) is 36.2 Å². The Morgan fingerprint density at radius 2 is 0.939 bits per heavy atom. The quantitative estimate of drug-likeness (QED) is 0.122. The molecule has 3 aromatic heterocycles. The van der Waals surface area contributed by atoms with Gasteiger partial charge in [-0.3, -0.25) is 28.8 Å². The monoisotopic (exact) mass is 1190 g/mol. The van der Waals surface area contributed by atoms with Crippen LogP contribution in [0.15, 0.2) is 146 Å². The Bertz CT molecular complexity index is 3520. The number of hydrogen-bond acceptors (Lipinski definition) is 12. The van der Waals surface area contributed by atoms with Crippen molar-refractivity contribution in [2.24, 2.45) is 0 Å². The van der Waals surface area contributed by atoms with Gasteiger partial charge < -0.3 is 43.6 Å². The van der Waals surface area contributed by atoms with Gasteiger partial charge in [0, 0.05) is 136 Å². The van der Waals surface area contributed by atoms with E-state index in [0.29, 0.717) is 71.6 Å². The van der Waals surface area contributed by atoms with Gasteiger partial charge in [0.2, 0.25) is 17.7 Å². The minimum Gasteiger partial charge on any atom is -0.495 e. The van der Waals surface area contributed by atoms with Crippen LogP contribution in [0, 0.1) is 0 Å². The lowest BCUT2D eigenvalue weighted by atomic mass is 10.2. The zero-order valence-electron chi connectivity index (χ0n) is 45.8. The first-order valence-corrected chi connectivity index (χ1v) is 28.4. The molecule has 3 fully saturated rings. The van der Waals surface area contributed by atoms with Gasteiger partial charge in [-0.1, -0.05) is 89.4 Å². The lowest BCUT2D eigenvalue weighted by Gasteiger charge is -2.36. The fourth-order valence-electron chi connectivity index (χ4n) is 9.86. The molecular weight excluding hydrogens is 1130 g/mol. The molecule has 3 aliphatic heterocycles. The predicted octanol–water partition coefficient (Wildman–Crippen LogP) is 9.89. The Morgan fingerprint density at radius 1 is 0.500 bits per heavy atom. The molecule has 1 N–H and O–H groups in total. The number of para-hydroxylation sites is 2. The average Bonchev–Trinajstić information content (AvgIpc) is 4.31. The van der Waals surface area contributed by atoms with Crippen LogP contribution in [-0.2, 0) is 27.5 Å². The number of rotatable bonds is 11. The SMILES string of the molecule is COc1cc(N2CCN(C(=O)CCl)CC2)ccc1Cl.COc1cc(N2CCN(C(=O)Cn3cc4ccccc4n3)CC2)ccc1Cl.COc1cc(N2CCN(C(=O)Cn3ncc4ccccc43)CC2)ccc1Cl.c1ccc2[nH]ncc2c1. The second-order valence-electron chi connectivity index (χ2n) is 19.4. The summed E-state index contributed by atoms with van der Waals surface area (Å²) in [5.74, 6) is 2.23. The standard InChI is InChI=1S/2C20H21ClN4O2.C13H16Cl2N2O2.C7H6N2/c1-27-19-12-16(6-7-17(19)21)23-8-10-24(11-9-23)20(26)14-25-13-15-4-2-3-5-18(15)22-25;1-27-19-12-16(6-7-17(19)21)23-8-10-24(11-9-23)20(26)14-25-18-5-3-2-4-15(18)13-22-25;1-19-12-8-10(2-3-11(12)15)16-4-6-17(7-5-16)13(18)9-14;1-2-4-7-6(3-1)5-8-9-7/h2*2-7,12-13H,8-11,14H2,1H3;2-3,8H,4-7,9H2,1H3;1-5H,(H,8,9). The molecule has 3 amide bonds. The van der Waals surface area contributed by atoms with Crippen molar-refractivity contribution in [1.29, 1.82) is 0 Å². The molecule has 0 aliphatic carbocycles. The molecule has 3 aliphatic rings. The second-order valence-corrected chi connectivity index (χ2v) is 20.9. The number of aromatic amines is 1. The van der Waals surface area contributed by atoms with Crippen molar-refractivity contribution in [2.75, 3.05) is 120 Å². The number of carbonyl (C=O) groups is 3. The third-order valence-electron chi connectivity index (χ3n) is 14.5. The number of alkyl halides is 1. The molecule has 0 unspecified atom stereocenters. The molecule has 428 valence electrons. The smallest absolute Gasteiger partial charge is 0.244 e. The molecular formula is C60H64Cl4N12O6. The number of methoxy groups -OCH3 is 3. The molecule has 0 atom stereocenters. The van der Waals surface area contributed by atoms with Gasteiger partial charge in [-0.05, 0) is 54.6 Å². The largest absolute Gasteiger partial charge is 0.495 e. The number of nitrogens with one attached hydrogen (secondary N) is 1. The third kappa shape index (κ3) is 14.8. The summed E-state index contributed by atoms with van der Waals surface area (Å²) in [6, 6.07) is 41.1. The van der Waals surface area contributed by atoms with Crippen LogP contribution in [0.5, 0.6) is 17.2 Å². The second kappa shape index (κ2) is 28.2. The number of benzene rings is 6. The van der Waals surface area contributed by atoms with Gasteiger partial charge in [0.05, 0.1) is 65.3 Å². The molecule has 6 aromatic carbocycles. The van der Waals surface area contributed by atoms with Crippen molar-refractivity contribution in [3.8, 4) is 17.2 Å². The van der Waals surface area contributed by atoms with E-state index < -0.39 is 0 Å². The Hall–Kier alpha value is -7.90. The first-order valence-electron chi connectivity index (χ1n) is 26.8. The number of ether oxygens (including phenoxy) is 3. The Morgan fingerprint density at radius 3 is 1.41 bits per heavy atom. The summed E-state index contributed by atoms with van der Waals surface area (Å²) in [5.41, 5.74) is 6.16. The zero-order valence-corrected chi connectivity index (χ0v) is 48.9. The highest BCUT2D eigenvalue weighted by atomic mass is 35.5. The van der Waals surface area contributed by atoms with E-state index in [1.54, 1.807) is 41.8 Å². The highest BCUT2D eigenvalue weighted by Gasteiger charge is 2.25. The molecule has 6 heterocycles. The molecule has 3 saturated heterocycles. The number of nitrogens with zero attached hydrogens (tertiary/aromatic N) is 11. The van der Waals surface area contributed by atoms with Gasteiger partial charge in [-0.2, -0.15) is 15.3 Å². The van der Waals surface area contributed by atoms with Gasteiger partial charge >= 0.3 is 0 Å². The minimum absolute atomic E-state index is 0.00463. The average molecular weight is 1190 g/mol. The van der Waals surface area contributed by atoms with E-state index in [1.807, 2.05) is 150 Å². The molecule has 82 heavy (non-hydrogen) atoms. The van der Waals surface area contributed by atoms with Crippen LogP contribution < -0.4 is 28.9 Å². The van der Waals surface area contributed by atoms with E-state index in [0.717, 1.165) is 89.0 Å². The number of halogens is 4. The number of amides is 3. The van der Waals surface area contributed by atoms with Crippen LogP contribution in [0.4, 0.5) is 17.1 Å². The third-order valence-corrected chi connectivity index (χ3v) is 15.6.